The van der Waals surface area contributed by atoms with Crippen LogP contribution in [-0.2, 0) is 6.42 Å². The highest BCUT2D eigenvalue weighted by Gasteiger charge is 2.35. The van der Waals surface area contributed by atoms with E-state index in [2.05, 4.69) is 44.2 Å². The molecule has 0 aliphatic heterocycles. The number of fused-ring (bicyclic) bond motifs is 1. The number of aromatic nitrogens is 1. The van der Waals surface area contributed by atoms with Gasteiger partial charge in [-0.2, -0.15) is 0 Å². The summed E-state index contributed by atoms with van der Waals surface area (Å²) in [6.07, 6.45) is 5.55. The van der Waals surface area contributed by atoms with Crippen LogP contribution in [0.15, 0.2) is 36.4 Å². The minimum Gasteiger partial charge on any atom is -0.325 e. The van der Waals surface area contributed by atoms with Gasteiger partial charge < -0.3 is 5.73 Å². The molecule has 0 saturated heterocycles. The van der Waals surface area contributed by atoms with Gasteiger partial charge in [-0.1, -0.05) is 38.1 Å². The lowest BCUT2D eigenvalue weighted by atomic mass is 9.68. The van der Waals surface area contributed by atoms with Crippen molar-refractivity contribution in [3.8, 4) is 0 Å². The number of nitrogens with two attached hydrogens (primary N) is 1. The molecular weight excluding hydrogens is 244 g/mol. The lowest BCUT2D eigenvalue weighted by Gasteiger charge is -2.41. The van der Waals surface area contributed by atoms with Crippen molar-refractivity contribution < 1.29 is 0 Å². The molecule has 0 atom stereocenters. The van der Waals surface area contributed by atoms with Crippen molar-refractivity contribution in [1.29, 1.82) is 0 Å². The maximum atomic E-state index is 6.62. The summed E-state index contributed by atoms with van der Waals surface area (Å²) in [4.78, 5) is 4.77. The van der Waals surface area contributed by atoms with Gasteiger partial charge in [0, 0.05) is 23.0 Å². The van der Waals surface area contributed by atoms with E-state index in [1.807, 2.05) is 6.07 Å². The molecule has 2 nitrogen and oxygen atoms in total. The second kappa shape index (κ2) is 4.85. The predicted octanol–water partition coefficient (Wildman–Crippen LogP) is 4.08. The number of hydrogen-bond donors (Lipinski definition) is 1. The highest BCUT2D eigenvalue weighted by atomic mass is 14.8. The summed E-state index contributed by atoms with van der Waals surface area (Å²) in [5.74, 6) is 0. The zero-order chi connectivity index (χ0) is 14.2. The van der Waals surface area contributed by atoms with Crippen molar-refractivity contribution in [1.82, 2.24) is 4.98 Å². The molecule has 1 aliphatic rings. The molecule has 1 saturated carbocycles. The van der Waals surface area contributed by atoms with Crippen molar-refractivity contribution in [2.45, 2.75) is 51.5 Å². The average Bonchev–Trinajstić information content (AvgIpc) is 2.43. The Bertz CT molecular complexity index is 606. The Morgan fingerprint density at radius 2 is 1.70 bits per heavy atom. The van der Waals surface area contributed by atoms with Gasteiger partial charge in [-0.05, 0) is 43.2 Å². The first-order chi connectivity index (χ1) is 9.46. The zero-order valence-corrected chi connectivity index (χ0v) is 12.5. The summed E-state index contributed by atoms with van der Waals surface area (Å²) >= 11 is 0. The third kappa shape index (κ3) is 2.85. The Morgan fingerprint density at radius 3 is 2.45 bits per heavy atom. The average molecular weight is 268 g/mol. The van der Waals surface area contributed by atoms with E-state index < -0.39 is 0 Å². The van der Waals surface area contributed by atoms with Gasteiger partial charge in [0.25, 0.3) is 0 Å². The molecule has 0 bridgehead atoms. The maximum absolute atomic E-state index is 6.62. The van der Waals surface area contributed by atoms with Gasteiger partial charge in [0.2, 0.25) is 0 Å². The largest absolute Gasteiger partial charge is 0.325 e. The van der Waals surface area contributed by atoms with Crippen LogP contribution in [0.4, 0.5) is 0 Å². The molecule has 1 heterocycles. The van der Waals surface area contributed by atoms with Crippen molar-refractivity contribution in [3.05, 3.63) is 42.1 Å². The van der Waals surface area contributed by atoms with Gasteiger partial charge in [0.05, 0.1) is 5.52 Å². The molecule has 0 radical (unpaired) electrons. The predicted molar refractivity (Wildman–Crippen MR) is 84.6 cm³/mol. The van der Waals surface area contributed by atoms with E-state index in [4.69, 9.17) is 10.7 Å². The van der Waals surface area contributed by atoms with Crippen LogP contribution in [0, 0.1) is 5.41 Å². The highest BCUT2D eigenvalue weighted by molar-refractivity contribution is 5.78. The van der Waals surface area contributed by atoms with Gasteiger partial charge in [-0.15, -0.1) is 0 Å². The normalized spacial score (nSPS) is 20.9. The van der Waals surface area contributed by atoms with E-state index in [0.29, 0.717) is 5.41 Å². The van der Waals surface area contributed by atoms with Crippen molar-refractivity contribution >= 4 is 10.9 Å². The molecule has 1 fully saturated rings. The van der Waals surface area contributed by atoms with Crippen molar-refractivity contribution in [2.24, 2.45) is 11.1 Å². The Kier molecular flexibility index (Phi) is 3.29. The first-order valence-electron chi connectivity index (χ1n) is 7.60. The van der Waals surface area contributed by atoms with Gasteiger partial charge >= 0.3 is 0 Å². The summed E-state index contributed by atoms with van der Waals surface area (Å²) < 4.78 is 0. The van der Waals surface area contributed by atoms with Gasteiger partial charge in [-0.25, -0.2) is 0 Å². The van der Waals surface area contributed by atoms with E-state index in [9.17, 15) is 0 Å². The number of rotatable bonds is 2. The number of para-hydroxylation sites is 1. The monoisotopic (exact) mass is 268 g/mol. The van der Waals surface area contributed by atoms with Crippen LogP contribution in [0.1, 0.15) is 45.2 Å². The molecule has 20 heavy (non-hydrogen) atoms. The first kappa shape index (κ1) is 13.6. The molecule has 0 spiro atoms. The molecule has 106 valence electrons. The van der Waals surface area contributed by atoms with Crippen LogP contribution in [0.5, 0.6) is 0 Å². The molecule has 1 aliphatic carbocycles. The molecule has 3 rings (SSSR count). The lowest BCUT2D eigenvalue weighted by molar-refractivity contribution is 0.164. The van der Waals surface area contributed by atoms with E-state index in [-0.39, 0.29) is 5.54 Å². The maximum Gasteiger partial charge on any atom is 0.0705 e. The van der Waals surface area contributed by atoms with Gasteiger partial charge in [-0.3, -0.25) is 4.98 Å². The van der Waals surface area contributed by atoms with Crippen LogP contribution in [0.3, 0.4) is 0 Å². The summed E-state index contributed by atoms with van der Waals surface area (Å²) in [5, 5.41) is 1.20. The second-order valence-electron chi connectivity index (χ2n) is 7.20. The van der Waals surface area contributed by atoms with E-state index in [1.54, 1.807) is 0 Å². The van der Waals surface area contributed by atoms with Crippen molar-refractivity contribution in [3.63, 3.8) is 0 Å². The Hall–Kier alpha value is -1.41. The summed E-state index contributed by atoms with van der Waals surface area (Å²) in [5.41, 5.74) is 9.21. The van der Waals surface area contributed by atoms with Crippen LogP contribution in [0.2, 0.25) is 0 Å². The number of benzene rings is 1. The number of pyridine rings is 1. The standard InChI is InChI=1S/C18H24N2/c1-17(2)9-11-18(19,12-10-17)13-15-8-7-14-5-3-4-6-16(14)20-15/h3-8H,9-13,19H2,1-2H3. The van der Waals surface area contributed by atoms with Gasteiger partial charge in [0.15, 0.2) is 0 Å². The molecule has 2 heteroatoms. The van der Waals surface area contributed by atoms with Gasteiger partial charge in [0.1, 0.15) is 0 Å². The van der Waals surface area contributed by atoms with E-state index in [1.165, 1.54) is 18.2 Å². The SMILES string of the molecule is CC1(C)CCC(N)(Cc2ccc3ccccc3n2)CC1. The minimum atomic E-state index is -0.0645. The van der Waals surface area contributed by atoms with Crippen LogP contribution >= 0.6 is 0 Å². The molecule has 1 aromatic carbocycles. The van der Waals surface area contributed by atoms with Crippen LogP contribution in [-0.4, -0.2) is 10.5 Å². The van der Waals surface area contributed by atoms with Crippen molar-refractivity contribution in [2.75, 3.05) is 0 Å². The fourth-order valence-corrected chi connectivity index (χ4v) is 3.17. The number of hydrogen-bond acceptors (Lipinski definition) is 2. The van der Waals surface area contributed by atoms with Crippen LogP contribution < -0.4 is 5.73 Å². The molecule has 2 N–H and O–H groups in total. The fraction of sp³-hybridized carbons (Fsp3) is 0.500. The summed E-state index contributed by atoms with van der Waals surface area (Å²) in [6, 6.07) is 12.6. The van der Waals surface area contributed by atoms with Crippen LogP contribution in [0.25, 0.3) is 10.9 Å². The Morgan fingerprint density at radius 1 is 1.00 bits per heavy atom. The quantitative estimate of drug-likeness (QED) is 0.891. The molecule has 1 aromatic heterocycles. The molecule has 0 amide bonds. The zero-order valence-electron chi connectivity index (χ0n) is 12.5. The van der Waals surface area contributed by atoms with E-state index >= 15 is 0 Å². The first-order valence-corrected chi connectivity index (χ1v) is 7.60. The Labute approximate surface area is 121 Å². The highest BCUT2D eigenvalue weighted by Crippen LogP contribution is 2.40. The Balaban J connectivity index is 1.79. The lowest BCUT2D eigenvalue weighted by Crippen LogP contribution is -2.47. The van der Waals surface area contributed by atoms with E-state index in [0.717, 1.165) is 30.5 Å². The third-order valence-corrected chi connectivity index (χ3v) is 4.79. The molecular formula is C18H24N2. The molecule has 0 unspecified atom stereocenters. The number of nitrogens with zero attached hydrogens (tertiary/aromatic N) is 1. The minimum absolute atomic E-state index is 0.0645. The fourth-order valence-electron chi connectivity index (χ4n) is 3.17. The summed E-state index contributed by atoms with van der Waals surface area (Å²) in [7, 11) is 0. The summed E-state index contributed by atoms with van der Waals surface area (Å²) in [6.45, 7) is 4.70. The molecule has 2 aromatic rings. The smallest absolute Gasteiger partial charge is 0.0705 e. The third-order valence-electron chi connectivity index (χ3n) is 4.79. The topological polar surface area (TPSA) is 38.9 Å². The second-order valence-corrected chi connectivity index (χ2v) is 7.20.